The summed E-state index contributed by atoms with van der Waals surface area (Å²) in [5.74, 6) is -0.0426. The van der Waals surface area contributed by atoms with Crippen molar-refractivity contribution in [3.05, 3.63) is 71.9 Å². The second-order valence-corrected chi connectivity index (χ2v) is 14.5. The SMILES string of the molecule is CC1(C)C2CCC1(CS(=O)(=O)N(CC(=O)N(CCc1c[nH]c3ccccc13)Cc1ccccc1)C1CC1)C(=O)C2. The van der Waals surface area contributed by atoms with E-state index in [-0.39, 0.29) is 41.4 Å². The number of sulfonamides is 1. The number of carbonyl (C=O) groups excluding carboxylic acids is 2. The molecule has 40 heavy (non-hydrogen) atoms. The number of Topliss-reactive ketones (excluding diaryl/α,β-unsaturated/α-hetero) is 1. The Morgan fingerprint density at radius 2 is 1.75 bits per heavy atom. The molecule has 2 bridgehead atoms. The maximum Gasteiger partial charge on any atom is 0.238 e. The number of nitrogens with zero attached hydrogens (tertiary/aromatic N) is 2. The fraction of sp³-hybridized carbons (Fsp3) is 0.500. The molecule has 8 heteroatoms. The van der Waals surface area contributed by atoms with Gasteiger partial charge < -0.3 is 9.88 Å². The van der Waals surface area contributed by atoms with Crippen LogP contribution in [0.15, 0.2) is 60.8 Å². The lowest BCUT2D eigenvalue weighted by Gasteiger charge is -2.38. The number of benzene rings is 2. The molecule has 3 aliphatic rings. The first-order valence-corrected chi connectivity index (χ1v) is 16.1. The van der Waals surface area contributed by atoms with Gasteiger partial charge in [0.25, 0.3) is 0 Å². The lowest BCUT2D eigenvalue weighted by Crippen LogP contribution is -2.50. The van der Waals surface area contributed by atoms with E-state index in [0.29, 0.717) is 32.4 Å². The van der Waals surface area contributed by atoms with Crippen LogP contribution in [-0.4, -0.2) is 59.2 Å². The summed E-state index contributed by atoms with van der Waals surface area (Å²) in [4.78, 5) is 32.1. The number of hydrogen-bond donors (Lipinski definition) is 1. The number of H-pyrrole nitrogens is 1. The molecule has 0 radical (unpaired) electrons. The Hall–Kier alpha value is -2.97. The van der Waals surface area contributed by atoms with Crippen LogP contribution in [0, 0.1) is 16.7 Å². The number of aromatic nitrogens is 1. The zero-order valence-corrected chi connectivity index (χ0v) is 24.3. The first-order chi connectivity index (χ1) is 19.1. The fourth-order valence-electron chi connectivity index (χ4n) is 7.24. The summed E-state index contributed by atoms with van der Waals surface area (Å²) in [5.41, 5.74) is 2.01. The number of hydrogen-bond acceptors (Lipinski definition) is 4. The Balaban J connectivity index is 1.23. The monoisotopic (exact) mass is 561 g/mol. The van der Waals surface area contributed by atoms with Gasteiger partial charge in [0.1, 0.15) is 5.78 Å². The summed E-state index contributed by atoms with van der Waals surface area (Å²) < 4.78 is 29.4. The van der Waals surface area contributed by atoms with Gasteiger partial charge in [0.15, 0.2) is 0 Å². The van der Waals surface area contributed by atoms with Crippen LogP contribution in [0.1, 0.15) is 57.1 Å². The second-order valence-electron chi connectivity index (χ2n) is 12.6. The van der Waals surface area contributed by atoms with Gasteiger partial charge in [-0.05, 0) is 60.6 Å². The smallest absolute Gasteiger partial charge is 0.238 e. The first-order valence-electron chi connectivity index (χ1n) is 14.5. The normalized spacial score (nSPS) is 23.8. The van der Waals surface area contributed by atoms with Crippen molar-refractivity contribution in [1.29, 1.82) is 0 Å². The van der Waals surface area contributed by atoms with Crippen LogP contribution >= 0.6 is 0 Å². The van der Waals surface area contributed by atoms with E-state index in [1.54, 1.807) is 4.90 Å². The summed E-state index contributed by atoms with van der Waals surface area (Å²) in [6.45, 7) is 4.83. The molecule has 3 aliphatic carbocycles. The third-order valence-electron chi connectivity index (χ3n) is 10.1. The van der Waals surface area contributed by atoms with Crippen molar-refractivity contribution in [3.8, 4) is 0 Å². The van der Waals surface area contributed by atoms with E-state index in [1.807, 2.05) is 54.7 Å². The number of nitrogens with one attached hydrogen (secondary N) is 1. The third-order valence-corrected chi connectivity index (χ3v) is 12.1. The zero-order valence-electron chi connectivity index (χ0n) is 23.4. The molecule has 6 rings (SSSR count). The number of para-hydroxylation sites is 1. The van der Waals surface area contributed by atoms with E-state index in [0.717, 1.165) is 41.3 Å². The molecular weight excluding hydrogens is 522 g/mol. The van der Waals surface area contributed by atoms with Crippen LogP contribution < -0.4 is 0 Å². The highest BCUT2D eigenvalue weighted by Crippen LogP contribution is 2.64. The highest BCUT2D eigenvalue weighted by Gasteiger charge is 2.66. The maximum atomic E-state index is 14.0. The highest BCUT2D eigenvalue weighted by atomic mass is 32.2. The number of carbonyl (C=O) groups is 2. The zero-order chi connectivity index (χ0) is 28.1. The Labute approximate surface area is 237 Å². The van der Waals surface area contributed by atoms with Crippen molar-refractivity contribution in [2.75, 3.05) is 18.8 Å². The van der Waals surface area contributed by atoms with E-state index in [4.69, 9.17) is 0 Å². The number of fused-ring (bicyclic) bond motifs is 3. The topological polar surface area (TPSA) is 90.6 Å². The van der Waals surface area contributed by atoms with Gasteiger partial charge in [-0.25, -0.2) is 8.42 Å². The summed E-state index contributed by atoms with van der Waals surface area (Å²) in [5, 5.41) is 1.13. The van der Waals surface area contributed by atoms with Gasteiger partial charge in [0.2, 0.25) is 15.9 Å². The van der Waals surface area contributed by atoms with Crippen LogP contribution in [0.2, 0.25) is 0 Å². The van der Waals surface area contributed by atoms with Gasteiger partial charge in [-0.3, -0.25) is 9.59 Å². The second kappa shape index (κ2) is 10.1. The first kappa shape index (κ1) is 27.2. The Kier molecular flexibility index (Phi) is 6.90. The molecule has 1 amide bonds. The van der Waals surface area contributed by atoms with E-state index in [2.05, 4.69) is 24.9 Å². The predicted molar refractivity (Wildman–Crippen MR) is 156 cm³/mol. The molecule has 3 aromatic rings. The molecule has 212 valence electrons. The molecule has 3 fully saturated rings. The van der Waals surface area contributed by atoms with E-state index >= 15 is 0 Å². The molecule has 0 spiro atoms. The van der Waals surface area contributed by atoms with Crippen molar-refractivity contribution in [2.24, 2.45) is 16.7 Å². The summed E-state index contributed by atoms with van der Waals surface area (Å²) >= 11 is 0. The Bertz CT molecular complexity index is 1530. The molecule has 3 saturated carbocycles. The molecule has 2 aromatic carbocycles. The fourth-order valence-corrected chi connectivity index (χ4v) is 9.68. The van der Waals surface area contributed by atoms with Crippen molar-refractivity contribution in [2.45, 2.75) is 65.0 Å². The predicted octanol–water partition coefficient (Wildman–Crippen LogP) is 4.93. The largest absolute Gasteiger partial charge is 0.361 e. The quantitative estimate of drug-likeness (QED) is 0.360. The average Bonchev–Trinajstić information content (AvgIpc) is 3.60. The summed E-state index contributed by atoms with van der Waals surface area (Å²) in [7, 11) is -3.82. The van der Waals surface area contributed by atoms with Crippen LogP contribution in [0.5, 0.6) is 0 Å². The lowest BCUT2D eigenvalue weighted by atomic mass is 9.70. The summed E-state index contributed by atoms with van der Waals surface area (Å²) in [6, 6.07) is 17.8. The van der Waals surface area contributed by atoms with Gasteiger partial charge in [0, 0.05) is 48.1 Å². The van der Waals surface area contributed by atoms with Gasteiger partial charge in [-0.1, -0.05) is 62.4 Å². The molecule has 7 nitrogen and oxygen atoms in total. The molecule has 1 heterocycles. The van der Waals surface area contributed by atoms with Crippen molar-refractivity contribution in [3.63, 3.8) is 0 Å². The van der Waals surface area contributed by atoms with Gasteiger partial charge in [-0.15, -0.1) is 0 Å². The maximum absolute atomic E-state index is 14.0. The minimum Gasteiger partial charge on any atom is -0.361 e. The lowest BCUT2D eigenvalue weighted by molar-refractivity contribution is -0.132. The molecule has 1 N–H and O–H groups in total. The molecule has 1 aromatic heterocycles. The molecule has 2 atom stereocenters. The van der Waals surface area contributed by atoms with Crippen LogP contribution in [0.4, 0.5) is 0 Å². The van der Waals surface area contributed by atoms with Gasteiger partial charge in [0.05, 0.1) is 12.3 Å². The van der Waals surface area contributed by atoms with Crippen LogP contribution in [-0.2, 0) is 32.6 Å². The van der Waals surface area contributed by atoms with Crippen LogP contribution in [0.25, 0.3) is 10.9 Å². The highest BCUT2D eigenvalue weighted by molar-refractivity contribution is 7.89. The van der Waals surface area contributed by atoms with Gasteiger partial charge >= 0.3 is 0 Å². The molecule has 0 saturated heterocycles. The van der Waals surface area contributed by atoms with E-state index < -0.39 is 15.4 Å². The van der Waals surface area contributed by atoms with E-state index in [9.17, 15) is 18.0 Å². The summed E-state index contributed by atoms with van der Waals surface area (Å²) in [6.07, 6.45) is 6.16. The van der Waals surface area contributed by atoms with Crippen molar-refractivity contribution >= 4 is 32.6 Å². The third kappa shape index (κ3) is 4.79. The standard InChI is InChI=1S/C32H39N3O4S/c1-31(2)25-14-16-32(31,29(36)18-25)22-40(38,39)35(26-12-13-26)21-30(37)34(20-23-8-4-3-5-9-23)17-15-24-19-33-28-11-7-6-10-27(24)28/h3-11,19,25-26,33H,12-18,20-22H2,1-2H3. The number of aromatic amines is 1. The minimum absolute atomic E-state index is 0.0869. The number of ketones is 1. The van der Waals surface area contributed by atoms with Crippen molar-refractivity contribution in [1.82, 2.24) is 14.2 Å². The van der Waals surface area contributed by atoms with E-state index in [1.165, 1.54) is 4.31 Å². The van der Waals surface area contributed by atoms with Crippen LogP contribution in [0.3, 0.4) is 0 Å². The van der Waals surface area contributed by atoms with Crippen molar-refractivity contribution < 1.29 is 18.0 Å². The Morgan fingerprint density at radius 1 is 1.02 bits per heavy atom. The minimum atomic E-state index is -3.82. The number of amides is 1. The number of rotatable bonds is 11. The van der Waals surface area contributed by atoms with Gasteiger partial charge in [-0.2, -0.15) is 4.31 Å². The molecular formula is C32H39N3O4S. The average molecular weight is 562 g/mol. The Morgan fingerprint density at radius 3 is 2.42 bits per heavy atom. The molecule has 2 unspecified atom stereocenters. The molecule has 0 aliphatic heterocycles.